The predicted octanol–water partition coefficient (Wildman–Crippen LogP) is -1.34. The number of nitrogens with zero attached hydrogens (tertiary/aromatic N) is 1. The summed E-state index contributed by atoms with van der Waals surface area (Å²) in [5.41, 5.74) is -1.17. The first kappa shape index (κ1) is 28.8. The van der Waals surface area contributed by atoms with Crippen LogP contribution in [0.3, 0.4) is 0 Å². The van der Waals surface area contributed by atoms with E-state index in [9.17, 15) is 40.5 Å². The number of alkyl halides is 3. The number of carbonyl (C=O) groups is 2. The zero-order chi connectivity index (χ0) is 24.3. The first-order valence-electron chi connectivity index (χ1n) is 9.14. The van der Waals surface area contributed by atoms with E-state index in [4.69, 9.17) is 0 Å². The van der Waals surface area contributed by atoms with Gasteiger partial charge in [0.2, 0.25) is 5.91 Å². The predicted molar refractivity (Wildman–Crippen MR) is 107 cm³/mol. The Labute approximate surface area is 209 Å². The van der Waals surface area contributed by atoms with Gasteiger partial charge in [-0.3, -0.25) is 23.7 Å². The average Bonchev–Trinajstić information content (AvgIpc) is 2.67. The second kappa shape index (κ2) is 11.3. The van der Waals surface area contributed by atoms with Gasteiger partial charge in [-0.15, -0.1) is 0 Å². The van der Waals surface area contributed by atoms with Crippen LogP contribution in [0, 0.1) is 5.92 Å². The van der Waals surface area contributed by atoms with Crippen molar-refractivity contribution in [3.8, 4) is 11.3 Å². The molecule has 1 atom stereocenters. The van der Waals surface area contributed by atoms with Crippen molar-refractivity contribution in [2.24, 2.45) is 5.92 Å². The number of nitrogens with one attached hydrogen (secondary N) is 2. The summed E-state index contributed by atoms with van der Waals surface area (Å²) in [6.45, 7) is 1.77. The molecule has 0 bridgehead atoms. The second-order valence-electron chi connectivity index (χ2n) is 7.10. The summed E-state index contributed by atoms with van der Waals surface area (Å²) in [4.78, 5) is 36.9. The van der Waals surface area contributed by atoms with Crippen molar-refractivity contribution in [3.05, 3.63) is 52.8 Å². The molecule has 0 fully saturated rings. The molecule has 0 aliphatic rings. The van der Waals surface area contributed by atoms with E-state index in [0.717, 1.165) is 10.6 Å². The molecular weight excluding hydrogens is 478 g/mol. The molecule has 2 N–H and O–H groups in total. The summed E-state index contributed by atoms with van der Waals surface area (Å²) in [7, 11) is -5.06. The number of hydrogen-bond donors (Lipinski definition) is 2. The Bertz CT molecular complexity index is 1170. The number of aromatic nitrogens is 1. The molecule has 174 valence electrons. The van der Waals surface area contributed by atoms with Gasteiger partial charge in [0.15, 0.2) is 10.3 Å². The van der Waals surface area contributed by atoms with E-state index < -0.39 is 57.9 Å². The molecule has 0 aliphatic carbocycles. The van der Waals surface area contributed by atoms with E-state index in [1.807, 2.05) is 5.32 Å². The van der Waals surface area contributed by atoms with Crippen LogP contribution in [0.4, 0.5) is 18.9 Å². The minimum absolute atomic E-state index is 0. The molecule has 0 saturated carbocycles. The van der Waals surface area contributed by atoms with Crippen molar-refractivity contribution in [1.29, 1.82) is 0 Å². The first-order chi connectivity index (χ1) is 14.7. The minimum Gasteiger partial charge on any atom is -0.731 e. The molecule has 1 heterocycles. The van der Waals surface area contributed by atoms with Gasteiger partial charge in [-0.05, 0) is 23.6 Å². The Hall–Kier alpha value is -2.19. The first-order valence-corrected chi connectivity index (χ1v) is 10.5. The van der Waals surface area contributed by atoms with Gasteiger partial charge in [0.05, 0.1) is 11.7 Å². The number of rotatable bonds is 8. The third kappa shape index (κ3) is 7.96. The van der Waals surface area contributed by atoms with Gasteiger partial charge < -0.3 is 9.87 Å². The third-order valence-electron chi connectivity index (χ3n) is 4.33. The molecule has 2 rings (SSSR count). The topological polar surface area (TPSA) is 137 Å². The van der Waals surface area contributed by atoms with Gasteiger partial charge in [0, 0.05) is 0 Å². The molecule has 2 aromatic rings. The molecule has 1 amide bonds. The molecule has 0 aliphatic heterocycles. The van der Waals surface area contributed by atoms with Crippen LogP contribution < -0.4 is 45.2 Å². The molecule has 33 heavy (non-hydrogen) atoms. The molecular formula is C19H19F3N3NaO6S. The minimum atomic E-state index is -5.18. The average molecular weight is 497 g/mol. The van der Waals surface area contributed by atoms with Crippen LogP contribution in [0.5, 0.6) is 0 Å². The largest absolute Gasteiger partial charge is 1.00 e. The molecule has 1 unspecified atom stereocenters. The molecule has 0 radical (unpaired) electrons. The second-order valence-corrected chi connectivity index (χ2v) is 8.21. The van der Waals surface area contributed by atoms with Crippen molar-refractivity contribution in [3.63, 3.8) is 0 Å². The number of Topliss-reactive ketones (excluding diaryl/α,β-unsaturated/α-hetero) is 1. The van der Waals surface area contributed by atoms with Crippen LogP contribution in [0.15, 0.2) is 47.3 Å². The molecule has 9 nitrogen and oxygen atoms in total. The molecule has 0 saturated heterocycles. The molecule has 14 heteroatoms. The smallest absolute Gasteiger partial charge is 0.731 e. The maximum Gasteiger partial charge on any atom is 1.00 e. The molecule has 1 aromatic heterocycles. The van der Waals surface area contributed by atoms with Gasteiger partial charge in [0.25, 0.3) is 11.3 Å². The number of hydrogen-bond acceptors (Lipinski definition) is 6. The van der Waals surface area contributed by atoms with Crippen molar-refractivity contribution >= 4 is 27.7 Å². The van der Waals surface area contributed by atoms with Gasteiger partial charge in [-0.25, -0.2) is 8.42 Å². The number of anilines is 1. The summed E-state index contributed by atoms with van der Waals surface area (Å²) in [5.74, 6) is -4.15. The maximum atomic E-state index is 12.8. The Kier molecular flexibility index (Phi) is 9.87. The third-order valence-corrected chi connectivity index (χ3v) is 4.80. The van der Waals surface area contributed by atoms with E-state index in [0.29, 0.717) is 5.56 Å². The number of ketones is 1. The molecule has 0 spiro atoms. The van der Waals surface area contributed by atoms with Crippen LogP contribution in [-0.4, -0.2) is 41.4 Å². The summed E-state index contributed by atoms with van der Waals surface area (Å²) < 4.78 is 73.8. The summed E-state index contributed by atoms with van der Waals surface area (Å²) >= 11 is 0. The van der Waals surface area contributed by atoms with Crippen LogP contribution in [-0.2, 0) is 26.4 Å². The zero-order valence-electron chi connectivity index (χ0n) is 17.8. The number of pyridine rings is 1. The Balaban J connectivity index is 0.00000544. The SMILES string of the molecule is CC(C)C(NC(=O)Cn1c(-c2ccccc2)ccc(NS(=O)(=O)[O-])c1=O)C(=O)C(F)(F)F.[Na+]. The summed E-state index contributed by atoms with van der Waals surface area (Å²) in [6, 6.07) is 8.47. The zero-order valence-corrected chi connectivity index (χ0v) is 20.7. The Morgan fingerprint density at radius 2 is 1.67 bits per heavy atom. The summed E-state index contributed by atoms with van der Waals surface area (Å²) in [6.07, 6.45) is -5.18. The van der Waals surface area contributed by atoms with E-state index >= 15 is 0 Å². The van der Waals surface area contributed by atoms with E-state index in [1.165, 1.54) is 24.6 Å². The van der Waals surface area contributed by atoms with Crippen LogP contribution in [0.25, 0.3) is 11.3 Å². The van der Waals surface area contributed by atoms with Crippen molar-refractivity contribution in [2.75, 3.05) is 4.72 Å². The van der Waals surface area contributed by atoms with Gasteiger partial charge in [-0.2, -0.15) is 13.2 Å². The fourth-order valence-corrected chi connectivity index (χ4v) is 3.31. The van der Waals surface area contributed by atoms with Crippen molar-refractivity contribution in [1.82, 2.24) is 9.88 Å². The standard InChI is InChI=1S/C19H20F3N3O6S.Na/c1-11(2)16(17(27)19(20,21)22)23-15(26)10-25-14(12-6-4-3-5-7-12)9-8-13(18(25)28)24-32(29,30)31;/h3-9,11,16,24H,10H2,1-2H3,(H,23,26)(H,29,30,31);/q;+1/p-1. The number of halogens is 3. The van der Waals surface area contributed by atoms with Gasteiger partial charge in [-0.1, -0.05) is 44.2 Å². The quantitative estimate of drug-likeness (QED) is 0.342. The fourth-order valence-electron chi connectivity index (χ4n) is 2.88. The van der Waals surface area contributed by atoms with Gasteiger partial charge >= 0.3 is 35.7 Å². The summed E-state index contributed by atoms with van der Waals surface area (Å²) in [5, 5.41) is 1.98. The Morgan fingerprint density at radius 3 is 2.15 bits per heavy atom. The normalized spacial score (nSPS) is 12.6. The maximum absolute atomic E-state index is 12.8. The molecule has 1 aromatic carbocycles. The van der Waals surface area contributed by atoms with Crippen molar-refractivity contribution < 1.29 is 65.3 Å². The van der Waals surface area contributed by atoms with Gasteiger partial charge in [0.1, 0.15) is 12.2 Å². The van der Waals surface area contributed by atoms with Crippen molar-refractivity contribution in [2.45, 2.75) is 32.6 Å². The monoisotopic (exact) mass is 497 g/mol. The Morgan fingerprint density at radius 1 is 1.09 bits per heavy atom. The number of amides is 1. The van der Waals surface area contributed by atoms with Crippen LogP contribution >= 0.6 is 0 Å². The van der Waals surface area contributed by atoms with Crippen LogP contribution in [0.2, 0.25) is 0 Å². The fraction of sp³-hybridized carbons (Fsp3) is 0.316. The van der Waals surface area contributed by atoms with E-state index in [2.05, 4.69) is 0 Å². The van der Waals surface area contributed by atoms with E-state index in [-0.39, 0.29) is 35.3 Å². The number of benzene rings is 1. The van der Waals surface area contributed by atoms with Crippen LogP contribution in [0.1, 0.15) is 13.8 Å². The van der Waals surface area contributed by atoms with E-state index in [1.54, 1.807) is 30.3 Å². The number of carbonyl (C=O) groups excluding carboxylic acids is 2.